The Kier molecular flexibility index (Phi) is 3.31. The average molecular weight is 237 g/mol. The largest absolute Gasteiger partial charge is 0.319 e. The molecular weight excluding hydrogens is 222 g/mol. The SMILES string of the molecule is Cc1csc(CNC(C)c2nncn2C)n1. The maximum absolute atomic E-state index is 4.40. The Morgan fingerprint density at radius 2 is 2.38 bits per heavy atom. The van der Waals surface area contributed by atoms with E-state index in [0.717, 1.165) is 23.1 Å². The zero-order valence-electron chi connectivity index (χ0n) is 9.64. The maximum atomic E-state index is 4.40. The van der Waals surface area contributed by atoms with Gasteiger partial charge in [-0.15, -0.1) is 21.5 Å². The Hall–Kier alpha value is -1.27. The highest BCUT2D eigenvalue weighted by atomic mass is 32.1. The summed E-state index contributed by atoms with van der Waals surface area (Å²) in [6, 6.07) is 0.178. The Labute approximate surface area is 98.5 Å². The molecule has 0 saturated carbocycles. The molecule has 1 atom stereocenters. The fourth-order valence-electron chi connectivity index (χ4n) is 1.50. The molecule has 0 aromatic carbocycles. The van der Waals surface area contributed by atoms with E-state index in [0.29, 0.717) is 0 Å². The molecule has 0 amide bonds. The quantitative estimate of drug-likeness (QED) is 0.874. The molecule has 2 aromatic heterocycles. The van der Waals surface area contributed by atoms with E-state index in [1.807, 2.05) is 18.5 Å². The first-order valence-electron chi connectivity index (χ1n) is 5.15. The van der Waals surface area contributed by atoms with Crippen LogP contribution in [0.2, 0.25) is 0 Å². The highest BCUT2D eigenvalue weighted by Crippen LogP contribution is 2.12. The molecule has 2 heterocycles. The summed E-state index contributed by atoms with van der Waals surface area (Å²) < 4.78 is 1.92. The lowest BCUT2D eigenvalue weighted by molar-refractivity contribution is 0.527. The molecule has 5 nitrogen and oxygen atoms in total. The van der Waals surface area contributed by atoms with Crippen LogP contribution in [0.15, 0.2) is 11.7 Å². The van der Waals surface area contributed by atoms with Crippen LogP contribution in [-0.4, -0.2) is 19.7 Å². The molecule has 0 bridgehead atoms. The zero-order valence-corrected chi connectivity index (χ0v) is 10.5. The van der Waals surface area contributed by atoms with Gasteiger partial charge in [-0.05, 0) is 13.8 Å². The van der Waals surface area contributed by atoms with Crippen molar-refractivity contribution in [1.82, 2.24) is 25.1 Å². The number of rotatable bonds is 4. The van der Waals surface area contributed by atoms with E-state index < -0.39 is 0 Å². The van der Waals surface area contributed by atoms with Crippen LogP contribution < -0.4 is 5.32 Å². The normalized spacial score (nSPS) is 12.9. The van der Waals surface area contributed by atoms with Crippen molar-refractivity contribution >= 4 is 11.3 Å². The number of aryl methyl sites for hydroxylation is 2. The van der Waals surface area contributed by atoms with E-state index in [2.05, 4.69) is 32.8 Å². The van der Waals surface area contributed by atoms with Crippen LogP contribution in [0.25, 0.3) is 0 Å². The molecule has 16 heavy (non-hydrogen) atoms. The molecular formula is C10H15N5S. The fourth-order valence-corrected chi connectivity index (χ4v) is 2.22. The second-order valence-electron chi connectivity index (χ2n) is 3.79. The van der Waals surface area contributed by atoms with Crippen molar-refractivity contribution in [1.29, 1.82) is 0 Å². The van der Waals surface area contributed by atoms with Crippen LogP contribution in [0, 0.1) is 6.92 Å². The summed E-state index contributed by atoms with van der Waals surface area (Å²) in [5, 5.41) is 14.5. The van der Waals surface area contributed by atoms with Crippen molar-refractivity contribution in [3.05, 3.63) is 28.2 Å². The van der Waals surface area contributed by atoms with Gasteiger partial charge in [-0.3, -0.25) is 0 Å². The predicted molar refractivity (Wildman–Crippen MR) is 63.1 cm³/mol. The average Bonchev–Trinajstić information content (AvgIpc) is 2.84. The van der Waals surface area contributed by atoms with Crippen LogP contribution in [-0.2, 0) is 13.6 Å². The number of aromatic nitrogens is 4. The van der Waals surface area contributed by atoms with Crippen LogP contribution in [0.4, 0.5) is 0 Å². The predicted octanol–water partition coefficient (Wildman–Crippen LogP) is 1.43. The lowest BCUT2D eigenvalue weighted by Gasteiger charge is -2.11. The molecule has 0 aliphatic carbocycles. The molecule has 2 aromatic rings. The van der Waals surface area contributed by atoms with Crippen molar-refractivity contribution in [3.8, 4) is 0 Å². The third-order valence-corrected chi connectivity index (χ3v) is 3.33. The van der Waals surface area contributed by atoms with E-state index in [-0.39, 0.29) is 6.04 Å². The summed E-state index contributed by atoms with van der Waals surface area (Å²) in [7, 11) is 1.95. The fraction of sp³-hybridized carbons (Fsp3) is 0.500. The van der Waals surface area contributed by atoms with Crippen molar-refractivity contribution in [3.63, 3.8) is 0 Å². The summed E-state index contributed by atoms with van der Waals surface area (Å²) in [5.41, 5.74) is 1.08. The molecule has 6 heteroatoms. The molecule has 1 N–H and O–H groups in total. The lowest BCUT2D eigenvalue weighted by Crippen LogP contribution is -2.21. The third-order valence-electron chi connectivity index (χ3n) is 2.36. The summed E-state index contributed by atoms with van der Waals surface area (Å²) >= 11 is 1.68. The number of thiazole rings is 1. The van der Waals surface area contributed by atoms with E-state index in [4.69, 9.17) is 0 Å². The Morgan fingerprint density at radius 1 is 1.56 bits per heavy atom. The second-order valence-corrected chi connectivity index (χ2v) is 4.73. The lowest BCUT2D eigenvalue weighted by atomic mass is 10.3. The van der Waals surface area contributed by atoms with E-state index in [9.17, 15) is 0 Å². The maximum Gasteiger partial charge on any atom is 0.149 e. The molecule has 0 fully saturated rings. The Morgan fingerprint density at radius 3 is 2.94 bits per heavy atom. The Balaban J connectivity index is 1.93. The molecule has 2 rings (SSSR count). The molecule has 0 aliphatic heterocycles. The van der Waals surface area contributed by atoms with Crippen molar-refractivity contribution < 1.29 is 0 Å². The highest BCUT2D eigenvalue weighted by Gasteiger charge is 2.11. The van der Waals surface area contributed by atoms with Gasteiger partial charge in [0.25, 0.3) is 0 Å². The van der Waals surface area contributed by atoms with Gasteiger partial charge in [0.2, 0.25) is 0 Å². The van der Waals surface area contributed by atoms with Gasteiger partial charge in [-0.1, -0.05) is 0 Å². The van der Waals surface area contributed by atoms with Crippen molar-refractivity contribution in [2.75, 3.05) is 0 Å². The molecule has 0 spiro atoms. The van der Waals surface area contributed by atoms with Crippen LogP contribution in [0.3, 0.4) is 0 Å². The summed E-state index contributed by atoms with van der Waals surface area (Å²) in [5.74, 6) is 0.938. The van der Waals surface area contributed by atoms with Gasteiger partial charge in [-0.25, -0.2) is 4.98 Å². The molecule has 86 valence electrons. The minimum absolute atomic E-state index is 0.178. The van der Waals surface area contributed by atoms with E-state index in [1.165, 1.54) is 0 Å². The topological polar surface area (TPSA) is 55.6 Å². The number of hydrogen-bond acceptors (Lipinski definition) is 5. The van der Waals surface area contributed by atoms with Gasteiger partial charge in [-0.2, -0.15) is 0 Å². The summed E-state index contributed by atoms with van der Waals surface area (Å²) in [6.45, 7) is 4.85. The monoisotopic (exact) mass is 237 g/mol. The Bertz CT molecular complexity index is 461. The highest BCUT2D eigenvalue weighted by molar-refractivity contribution is 7.09. The van der Waals surface area contributed by atoms with Gasteiger partial charge in [0, 0.05) is 24.7 Å². The van der Waals surface area contributed by atoms with E-state index in [1.54, 1.807) is 17.7 Å². The second kappa shape index (κ2) is 4.71. The van der Waals surface area contributed by atoms with Crippen molar-refractivity contribution in [2.24, 2.45) is 7.05 Å². The van der Waals surface area contributed by atoms with Gasteiger partial charge in [0.05, 0.1) is 6.04 Å². The van der Waals surface area contributed by atoms with Gasteiger partial charge in [0.1, 0.15) is 17.2 Å². The first-order chi connectivity index (χ1) is 7.66. The first-order valence-corrected chi connectivity index (χ1v) is 6.03. The van der Waals surface area contributed by atoms with Crippen LogP contribution in [0.1, 0.15) is 29.5 Å². The van der Waals surface area contributed by atoms with Crippen LogP contribution >= 0.6 is 11.3 Å². The molecule has 0 aliphatic rings. The molecule has 1 unspecified atom stereocenters. The summed E-state index contributed by atoms with van der Waals surface area (Å²) in [4.78, 5) is 4.40. The van der Waals surface area contributed by atoms with E-state index >= 15 is 0 Å². The summed E-state index contributed by atoms with van der Waals surface area (Å²) in [6.07, 6.45) is 1.71. The zero-order chi connectivity index (χ0) is 11.5. The third kappa shape index (κ3) is 2.45. The number of nitrogens with one attached hydrogen (secondary N) is 1. The number of nitrogens with zero attached hydrogens (tertiary/aromatic N) is 4. The first kappa shape index (κ1) is 11.2. The minimum Gasteiger partial charge on any atom is -0.319 e. The molecule has 0 radical (unpaired) electrons. The van der Waals surface area contributed by atoms with Crippen LogP contribution in [0.5, 0.6) is 0 Å². The van der Waals surface area contributed by atoms with Gasteiger partial charge >= 0.3 is 0 Å². The van der Waals surface area contributed by atoms with Gasteiger partial charge < -0.3 is 9.88 Å². The van der Waals surface area contributed by atoms with Crippen molar-refractivity contribution in [2.45, 2.75) is 26.4 Å². The molecule has 0 saturated heterocycles. The smallest absolute Gasteiger partial charge is 0.149 e. The number of hydrogen-bond donors (Lipinski definition) is 1. The minimum atomic E-state index is 0.178. The standard InChI is InChI=1S/C10H15N5S/c1-7-5-16-9(13-7)4-11-8(2)10-14-12-6-15(10)3/h5-6,8,11H,4H2,1-3H3. The van der Waals surface area contributed by atoms with Gasteiger partial charge in [0.15, 0.2) is 0 Å².